The summed E-state index contributed by atoms with van der Waals surface area (Å²) in [5.41, 5.74) is 3.18. The molecule has 0 fully saturated rings. The Labute approximate surface area is 169 Å². The third-order valence-electron chi connectivity index (χ3n) is 4.26. The van der Waals surface area contributed by atoms with E-state index in [9.17, 15) is 4.79 Å². The maximum atomic E-state index is 12.2. The van der Waals surface area contributed by atoms with Gasteiger partial charge in [0.25, 0.3) is 0 Å². The molecule has 0 radical (unpaired) electrons. The first-order valence-electron chi connectivity index (χ1n) is 9.14. The van der Waals surface area contributed by atoms with Crippen LogP contribution in [0.25, 0.3) is 0 Å². The molecule has 0 atom stereocenters. The number of anilines is 1. The van der Waals surface area contributed by atoms with Gasteiger partial charge in [-0.05, 0) is 48.7 Å². The second-order valence-electron chi connectivity index (χ2n) is 6.45. The maximum Gasteiger partial charge on any atom is 0.234 e. The smallest absolute Gasteiger partial charge is 0.234 e. The Hall–Kier alpha value is -2.80. The van der Waals surface area contributed by atoms with Crippen molar-refractivity contribution in [3.05, 3.63) is 65.5 Å². The average molecular weight is 397 g/mol. The van der Waals surface area contributed by atoms with Gasteiger partial charge in [-0.2, -0.15) is 0 Å². The molecule has 1 aromatic heterocycles. The molecule has 0 unspecified atom stereocenters. The molecule has 7 heteroatoms. The highest BCUT2D eigenvalue weighted by Gasteiger charge is 2.12. The number of benzene rings is 2. The van der Waals surface area contributed by atoms with E-state index >= 15 is 0 Å². The van der Waals surface area contributed by atoms with E-state index in [1.54, 1.807) is 0 Å². The van der Waals surface area contributed by atoms with Crippen LogP contribution in [-0.2, 0) is 24.9 Å². The van der Waals surface area contributed by atoms with E-state index in [0.29, 0.717) is 17.6 Å². The number of nitrogens with one attached hydrogen (secondary N) is 1. The van der Waals surface area contributed by atoms with Crippen LogP contribution >= 0.6 is 11.8 Å². The maximum absolute atomic E-state index is 12.2. The fourth-order valence-electron chi connectivity index (χ4n) is 2.60. The zero-order chi connectivity index (χ0) is 19.9. The fraction of sp³-hybridized carbons (Fsp3) is 0.286. The third kappa shape index (κ3) is 5.36. The molecule has 6 nitrogen and oxygen atoms in total. The van der Waals surface area contributed by atoms with E-state index in [1.165, 1.54) is 17.3 Å². The van der Waals surface area contributed by atoms with Gasteiger partial charge in [-0.1, -0.05) is 43.0 Å². The van der Waals surface area contributed by atoms with Gasteiger partial charge in [0.1, 0.15) is 12.4 Å². The predicted octanol–water partition coefficient (Wildman–Crippen LogP) is 4.00. The minimum Gasteiger partial charge on any atom is -0.486 e. The molecular weight excluding hydrogens is 372 g/mol. The Morgan fingerprint density at radius 2 is 1.96 bits per heavy atom. The van der Waals surface area contributed by atoms with Crippen molar-refractivity contribution in [3.63, 3.8) is 0 Å². The summed E-state index contributed by atoms with van der Waals surface area (Å²) in [6.07, 6.45) is 0.978. The number of aromatic nitrogens is 3. The lowest BCUT2D eigenvalue weighted by Gasteiger charge is -2.08. The molecule has 1 amide bonds. The lowest BCUT2D eigenvalue weighted by Crippen LogP contribution is -2.14. The van der Waals surface area contributed by atoms with Gasteiger partial charge in [0.2, 0.25) is 5.91 Å². The Kier molecular flexibility index (Phi) is 6.71. The molecule has 3 rings (SSSR count). The summed E-state index contributed by atoms with van der Waals surface area (Å²) in [4.78, 5) is 12.2. The number of hydrogen-bond donors (Lipinski definition) is 1. The van der Waals surface area contributed by atoms with Crippen molar-refractivity contribution < 1.29 is 9.53 Å². The van der Waals surface area contributed by atoms with Crippen LogP contribution in [0.4, 0.5) is 5.69 Å². The van der Waals surface area contributed by atoms with Crippen LogP contribution in [0, 0.1) is 6.92 Å². The van der Waals surface area contributed by atoms with Crippen LogP contribution in [-0.4, -0.2) is 26.4 Å². The first-order valence-corrected chi connectivity index (χ1v) is 10.1. The van der Waals surface area contributed by atoms with E-state index in [-0.39, 0.29) is 11.7 Å². The molecule has 1 N–H and O–H groups in total. The van der Waals surface area contributed by atoms with E-state index in [0.717, 1.165) is 23.4 Å². The van der Waals surface area contributed by atoms with Gasteiger partial charge >= 0.3 is 0 Å². The number of hydrogen-bond acceptors (Lipinski definition) is 5. The first-order chi connectivity index (χ1) is 13.5. The average Bonchev–Trinajstić information content (AvgIpc) is 3.05. The second-order valence-corrected chi connectivity index (χ2v) is 7.39. The van der Waals surface area contributed by atoms with Gasteiger partial charge < -0.3 is 14.6 Å². The Balaban J connectivity index is 1.51. The molecule has 28 heavy (non-hydrogen) atoms. The van der Waals surface area contributed by atoms with Crippen molar-refractivity contribution in [2.24, 2.45) is 7.05 Å². The Morgan fingerprint density at radius 1 is 1.18 bits per heavy atom. The number of carbonyl (C=O) groups excluding carboxylic acids is 1. The zero-order valence-corrected chi connectivity index (χ0v) is 17.1. The molecular formula is C21H24N4O2S. The lowest BCUT2D eigenvalue weighted by molar-refractivity contribution is -0.113. The fourth-order valence-corrected chi connectivity index (χ4v) is 3.33. The first kappa shape index (κ1) is 19.9. The van der Waals surface area contributed by atoms with Gasteiger partial charge in [-0.25, -0.2) is 0 Å². The summed E-state index contributed by atoms with van der Waals surface area (Å²) >= 11 is 1.35. The minimum atomic E-state index is -0.0743. The minimum absolute atomic E-state index is 0.0743. The van der Waals surface area contributed by atoms with E-state index < -0.39 is 0 Å². The number of aryl methyl sites for hydroxylation is 2. The number of amides is 1. The van der Waals surface area contributed by atoms with Crippen molar-refractivity contribution in [2.75, 3.05) is 11.1 Å². The Morgan fingerprint density at radius 3 is 2.68 bits per heavy atom. The van der Waals surface area contributed by atoms with Crippen LogP contribution < -0.4 is 10.1 Å². The molecule has 0 spiro atoms. The number of carbonyl (C=O) groups is 1. The molecule has 0 saturated carbocycles. The van der Waals surface area contributed by atoms with Crippen molar-refractivity contribution in [1.82, 2.24) is 14.8 Å². The third-order valence-corrected chi connectivity index (χ3v) is 5.28. The van der Waals surface area contributed by atoms with Crippen LogP contribution in [0.2, 0.25) is 0 Å². The molecule has 0 aliphatic rings. The van der Waals surface area contributed by atoms with Gasteiger partial charge in [0.05, 0.1) is 5.75 Å². The largest absolute Gasteiger partial charge is 0.486 e. The summed E-state index contributed by atoms with van der Waals surface area (Å²) in [6, 6.07) is 15.7. The topological polar surface area (TPSA) is 69.0 Å². The standard InChI is InChI=1S/C21H24N4O2S/c1-4-16-8-10-17(11-9-16)22-20(26)14-28-21-24-23-19(25(21)3)13-27-18-7-5-6-15(2)12-18/h5-12H,4,13-14H2,1-3H3,(H,22,26). The highest BCUT2D eigenvalue weighted by molar-refractivity contribution is 7.99. The normalized spacial score (nSPS) is 10.7. The molecule has 2 aromatic carbocycles. The zero-order valence-electron chi connectivity index (χ0n) is 16.3. The summed E-state index contributed by atoms with van der Waals surface area (Å²) in [5.74, 6) is 1.69. The molecule has 0 bridgehead atoms. The predicted molar refractivity (Wildman–Crippen MR) is 112 cm³/mol. The SMILES string of the molecule is CCc1ccc(NC(=O)CSc2nnc(COc3cccc(C)c3)n2C)cc1. The van der Waals surface area contributed by atoms with Crippen LogP contribution in [0.5, 0.6) is 5.75 Å². The van der Waals surface area contributed by atoms with Crippen LogP contribution in [0.1, 0.15) is 23.9 Å². The molecule has 0 aliphatic carbocycles. The second kappa shape index (κ2) is 9.41. The van der Waals surface area contributed by atoms with E-state index in [2.05, 4.69) is 22.4 Å². The van der Waals surface area contributed by atoms with Gasteiger partial charge in [-0.3, -0.25) is 4.79 Å². The number of ether oxygens (including phenoxy) is 1. The summed E-state index contributed by atoms with van der Waals surface area (Å²) in [7, 11) is 1.87. The van der Waals surface area contributed by atoms with Crippen molar-refractivity contribution in [1.29, 1.82) is 0 Å². The molecule has 146 valence electrons. The Bertz CT molecular complexity index is 938. The van der Waals surface area contributed by atoms with Gasteiger partial charge in [0, 0.05) is 12.7 Å². The van der Waals surface area contributed by atoms with E-state index in [1.807, 2.05) is 67.1 Å². The van der Waals surface area contributed by atoms with E-state index in [4.69, 9.17) is 4.74 Å². The van der Waals surface area contributed by atoms with Gasteiger partial charge in [-0.15, -0.1) is 10.2 Å². The highest BCUT2D eigenvalue weighted by atomic mass is 32.2. The molecule has 0 saturated heterocycles. The molecule has 0 aliphatic heterocycles. The molecule has 1 heterocycles. The van der Waals surface area contributed by atoms with Gasteiger partial charge in [0.15, 0.2) is 11.0 Å². The monoisotopic (exact) mass is 396 g/mol. The molecule has 3 aromatic rings. The van der Waals surface area contributed by atoms with Crippen molar-refractivity contribution in [3.8, 4) is 5.75 Å². The number of thioether (sulfide) groups is 1. The van der Waals surface area contributed by atoms with Crippen molar-refractivity contribution >= 4 is 23.4 Å². The number of rotatable bonds is 8. The van der Waals surface area contributed by atoms with Crippen molar-refractivity contribution in [2.45, 2.75) is 32.0 Å². The number of nitrogens with zero attached hydrogens (tertiary/aromatic N) is 3. The quantitative estimate of drug-likeness (QED) is 0.583. The highest BCUT2D eigenvalue weighted by Crippen LogP contribution is 2.19. The van der Waals surface area contributed by atoms with Crippen LogP contribution in [0.3, 0.4) is 0 Å². The lowest BCUT2D eigenvalue weighted by atomic mass is 10.1. The summed E-state index contributed by atoms with van der Waals surface area (Å²) in [5, 5.41) is 11.9. The summed E-state index contributed by atoms with van der Waals surface area (Å²) < 4.78 is 7.63. The van der Waals surface area contributed by atoms with Crippen LogP contribution in [0.15, 0.2) is 53.7 Å². The summed E-state index contributed by atoms with van der Waals surface area (Å²) in [6.45, 7) is 4.45.